The fourth-order valence-corrected chi connectivity index (χ4v) is 7.55. The van der Waals surface area contributed by atoms with E-state index >= 15 is 0 Å². The van der Waals surface area contributed by atoms with E-state index in [0.29, 0.717) is 57.4 Å². The third-order valence-corrected chi connectivity index (χ3v) is 10.1. The number of aromatic nitrogens is 1. The highest BCUT2D eigenvalue weighted by molar-refractivity contribution is 9.10. The van der Waals surface area contributed by atoms with Crippen LogP contribution in [-0.4, -0.2) is 35.6 Å². The predicted octanol–water partition coefficient (Wildman–Crippen LogP) is 6.48. The van der Waals surface area contributed by atoms with Crippen LogP contribution in [0.15, 0.2) is 104 Å². The number of fused-ring (bicyclic) bond motifs is 2. The van der Waals surface area contributed by atoms with Gasteiger partial charge in [0.05, 0.1) is 39.0 Å². The molecule has 8 nitrogen and oxygen atoms in total. The second-order valence-corrected chi connectivity index (χ2v) is 13.1. The van der Waals surface area contributed by atoms with Crippen molar-refractivity contribution in [2.45, 2.75) is 33.4 Å². The molecule has 1 atom stereocenters. The van der Waals surface area contributed by atoms with Crippen LogP contribution in [0.25, 0.3) is 16.8 Å². The minimum atomic E-state index is -0.748. The number of thiazole rings is 1. The molecule has 4 aromatic carbocycles. The molecule has 0 fully saturated rings. The molecule has 0 radical (unpaired) electrons. The summed E-state index contributed by atoms with van der Waals surface area (Å²) in [6.07, 6.45) is 1.83. The summed E-state index contributed by atoms with van der Waals surface area (Å²) < 4.78 is 14.8. The highest BCUT2D eigenvalue weighted by Gasteiger charge is 2.36. The maximum absolute atomic E-state index is 14.4. The van der Waals surface area contributed by atoms with E-state index in [2.05, 4.69) is 22.0 Å². The molecule has 1 aliphatic heterocycles. The van der Waals surface area contributed by atoms with Gasteiger partial charge in [-0.3, -0.25) is 14.2 Å². The van der Waals surface area contributed by atoms with Crippen LogP contribution >= 0.6 is 27.3 Å². The number of halogens is 1. The first-order chi connectivity index (χ1) is 23.3. The molecule has 2 heterocycles. The summed E-state index contributed by atoms with van der Waals surface area (Å²) >= 11 is 4.91. The molecule has 0 N–H and O–H groups in total. The van der Waals surface area contributed by atoms with Crippen LogP contribution in [-0.2, 0) is 11.4 Å². The van der Waals surface area contributed by atoms with Gasteiger partial charge >= 0.3 is 0 Å². The molecule has 48 heavy (non-hydrogen) atoms. The van der Waals surface area contributed by atoms with E-state index in [1.807, 2.05) is 93.6 Å². The SMILES string of the molecule is CCN(CC)C(=O)C1=C(C)N=c2s/c(=C/c3ccc(OCc4ccc(C#N)cc4)c(Br)c3)c(=O)n2[C@H]1c1c(OC)ccc2ccccc12. The predicted molar refractivity (Wildman–Crippen MR) is 192 cm³/mol. The highest BCUT2D eigenvalue weighted by atomic mass is 79.9. The van der Waals surface area contributed by atoms with Crippen molar-refractivity contribution in [3.63, 3.8) is 0 Å². The number of nitrogens with zero attached hydrogens (tertiary/aromatic N) is 4. The van der Waals surface area contributed by atoms with Crippen LogP contribution < -0.4 is 24.4 Å². The quantitative estimate of drug-likeness (QED) is 0.174. The zero-order valence-electron chi connectivity index (χ0n) is 27.0. The van der Waals surface area contributed by atoms with Crippen LogP contribution in [0.2, 0.25) is 0 Å². The molecule has 0 spiro atoms. The van der Waals surface area contributed by atoms with E-state index in [0.717, 1.165) is 31.9 Å². The number of carbonyl (C=O) groups is 1. The van der Waals surface area contributed by atoms with Gasteiger partial charge in [-0.1, -0.05) is 59.9 Å². The molecule has 6 rings (SSSR count). The number of rotatable bonds is 9. The van der Waals surface area contributed by atoms with E-state index in [4.69, 9.17) is 19.7 Å². The molecule has 1 aromatic heterocycles. The first kappa shape index (κ1) is 32.9. The number of hydrogen-bond acceptors (Lipinski definition) is 7. The van der Waals surface area contributed by atoms with Crippen molar-refractivity contribution >= 4 is 50.0 Å². The smallest absolute Gasteiger partial charge is 0.271 e. The van der Waals surface area contributed by atoms with Crippen molar-refractivity contribution in [1.29, 1.82) is 5.26 Å². The molecule has 242 valence electrons. The second kappa shape index (κ2) is 14.0. The fourth-order valence-electron chi connectivity index (χ4n) is 6.00. The van der Waals surface area contributed by atoms with Crippen LogP contribution in [0, 0.1) is 11.3 Å². The van der Waals surface area contributed by atoms with E-state index < -0.39 is 6.04 Å². The third kappa shape index (κ3) is 6.19. The van der Waals surface area contributed by atoms with Crippen LogP contribution in [0.4, 0.5) is 0 Å². The van der Waals surface area contributed by atoms with Gasteiger partial charge in [-0.05, 0) is 95.0 Å². The van der Waals surface area contributed by atoms with Gasteiger partial charge < -0.3 is 14.4 Å². The lowest BCUT2D eigenvalue weighted by molar-refractivity contribution is -0.127. The van der Waals surface area contributed by atoms with Gasteiger partial charge in [0, 0.05) is 18.7 Å². The van der Waals surface area contributed by atoms with Crippen molar-refractivity contribution in [2.24, 2.45) is 4.99 Å². The Morgan fingerprint density at radius 3 is 2.48 bits per heavy atom. The van der Waals surface area contributed by atoms with E-state index in [-0.39, 0.29) is 11.5 Å². The van der Waals surface area contributed by atoms with Crippen LogP contribution in [0.5, 0.6) is 11.5 Å². The Kier molecular flexibility index (Phi) is 9.62. The summed E-state index contributed by atoms with van der Waals surface area (Å²) in [5.41, 5.74) is 3.88. The number of amides is 1. The zero-order chi connectivity index (χ0) is 33.9. The monoisotopic (exact) mass is 720 g/mol. The Bertz CT molecular complexity index is 2300. The second-order valence-electron chi connectivity index (χ2n) is 11.2. The van der Waals surface area contributed by atoms with E-state index in [1.165, 1.54) is 11.3 Å². The summed E-state index contributed by atoms with van der Waals surface area (Å²) in [5.74, 6) is 1.08. The number of methoxy groups -OCH3 is 1. The minimum Gasteiger partial charge on any atom is -0.496 e. The molecule has 0 saturated carbocycles. The molecule has 0 bridgehead atoms. The summed E-state index contributed by atoms with van der Waals surface area (Å²) in [5, 5.41) is 10.9. The van der Waals surface area contributed by atoms with Gasteiger partial charge in [0.15, 0.2) is 4.80 Å². The molecular weight excluding hydrogens is 688 g/mol. The van der Waals surface area contributed by atoms with Gasteiger partial charge in [0.2, 0.25) is 0 Å². The first-order valence-corrected chi connectivity index (χ1v) is 17.2. The lowest BCUT2D eigenvalue weighted by atomic mass is 9.90. The Balaban J connectivity index is 1.45. The molecule has 5 aromatic rings. The summed E-state index contributed by atoms with van der Waals surface area (Å²) in [7, 11) is 1.61. The Morgan fingerprint density at radius 1 is 1.06 bits per heavy atom. The van der Waals surface area contributed by atoms with E-state index in [9.17, 15) is 9.59 Å². The molecule has 0 aliphatic carbocycles. The number of allylic oxidation sites excluding steroid dienone is 1. The number of ether oxygens (including phenoxy) is 2. The number of hydrogen-bond donors (Lipinski definition) is 0. The molecule has 10 heteroatoms. The lowest BCUT2D eigenvalue weighted by Crippen LogP contribution is -2.43. The Labute approximate surface area is 290 Å². The van der Waals surface area contributed by atoms with Gasteiger partial charge in [-0.15, -0.1) is 0 Å². The number of nitriles is 1. The fraction of sp³-hybridized carbons (Fsp3) is 0.211. The molecule has 1 amide bonds. The van der Waals surface area contributed by atoms with Crippen molar-refractivity contribution in [3.8, 4) is 17.6 Å². The molecule has 1 aliphatic rings. The topological polar surface area (TPSA) is 96.9 Å². The summed E-state index contributed by atoms with van der Waals surface area (Å²) in [4.78, 5) is 35.7. The minimum absolute atomic E-state index is 0.156. The Hall–Kier alpha value is -4.98. The molecular formula is C38H33BrN4O4S. The average Bonchev–Trinajstić information content (AvgIpc) is 3.40. The van der Waals surface area contributed by atoms with Gasteiger partial charge in [0.1, 0.15) is 24.1 Å². The number of carbonyl (C=O) groups excluding carboxylic acids is 1. The van der Waals surface area contributed by atoms with Gasteiger partial charge in [-0.2, -0.15) is 5.26 Å². The molecule has 0 unspecified atom stereocenters. The van der Waals surface area contributed by atoms with Gasteiger partial charge in [-0.25, -0.2) is 4.99 Å². The van der Waals surface area contributed by atoms with Crippen molar-refractivity contribution in [3.05, 3.63) is 137 Å². The maximum atomic E-state index is 14.4. The van der Waals surface area contributed by atoms with Gasteiger partial charge in [0.25, 0.3) is 11.5 Å². The number of benzene rings is 4. The van der Waals surface area contributed by atoms with Crippen LogP contribution in [0.1, 0.15) is 49.1 Å². The number of likely N-dealkylation sites (N-methyl/N-ethyl adjacent to an activating group) is 1. The summed E-state index contributed by atoms with van der Waals surface area (Å²) in [6, 6.07) is 26.1. The van der Waals surface area contributed by atoms with Crippen LogP contribution in [0.3, 0.4) is 0 Å². The average molecular weight is 722 g/mol. The van der Waals surface area contributed by atoms with Crippen molar-refractivity contribution < 1.29 is 14.3 Å². The van der Waals surface area contributed by atoms with Crippen molar-refractivity contribution in [2.75, 3.05) is 20.2 Å². The van der Waals surface area contributed by atoms with Crippen molar-refractivity contribution in [1.82, 2.24) is 9.47 Å². The standard InChI is InChI=1S/C38H33BrN4O4S/c1-5-42(6-2)37(45)33-23(3)41-38-43(35(33)34-28-10-8-7-9-27(28)16-18-31(34)46-4)36(44)32(48-38)20-26-15-17-30(29(39)19-26)47-22-25-13-11-24(21-40)12-14-25/h7-20,35H,5-6,22H2,1-4H3/b32-20+/t35-/m1/s1. The first-order valence-electron chi connectivity index (χ1n) is 15.6. The Morgan fingerprint density at radius 2 is 1.79 bits per heavy atom. The summed E-state index contributed by atoms with van der Waals surface area (Å²) in [6.45, 7) is 7.12. The zero-order valence-corrected chi connectivity index (χ0v) is 29.4. The lowest BCUT2D eigenvalue weighted by Gasteiger charge is -2.30. The van der Waals surface area contributed by atoms with E-state index in [1.54, 1.807) is 28.7 Å². The highest BCUT2D eigenvalue weighted by Crippen LogP contribution is 2.40. The largest absolute Gasteiger partial charge is 0.496 e. The normalized spacial score (nSPS) is 14.3. The maximum Gasteiger partial charge on any atom is 0.271 e. The third-order valence-electron chi connectivity index (χ3n) is 8.46. The molecule has 0 saturated heterocycles.